The van der Waals surface area contributed by atoms with Gasteiger partial charge >= 0.3 is 12.1 Å². The highest BCUT2D eigenvalue weighted by Crippen LogP contribution is 2.38. The van der Waals surface area contributed by atoms with Crippen LogP contribution in [0.4, 0.5) is 13.2 Å². The van der Waals surface area contributed by atoms with E-state index in [1.165, 1.54) is 0 Å². The molecule has 8 nitrogen and oxygen atoms in total. The van der Waals surface area contributed by atoms with Gasteiger partial charge in [0.1, 0.15) is 12.5 Å². The number of hydrogen-bond acceptors (Lipinski definition) is 6. The van der Waals surface area contributed by atoms with Crippen LogP contribution >= 0.6 is 0 Å². The second-order valence-electron chi connectivity index (χ2n) is 12.2. The molecule has 3 saturated heterocycles. The number of carboxylic acid groups (broad SMARTS) is 1. The Morgan fingerprint density at radius 2 is 1.41 bits per heavy atom. The lowest BCUT2D eigenvalue weighted by Gasteiger charge is -2.52. The van der Waals surface area contributed by atoms with E-state index in [4.69, 9.17) is 14.6 Å². The number of quaternary nitrogens is 1. The highest BCUT2D eigenvalue weighted by atomic mass is 19.4. The summed E-state index contributed by atoms with van der Waals surface area (Å²) in [6.45, 7) is 8.42. The SMILES string of the molecule is Cc1cc(C)cc(C(=O)NCCC[N+]23CCC(CC2)[C@@H](OC(=O)C(O)(c2ccccc2)c2ccccc2)C3)c1.O=C([O-])C(F)(F)F. The maximum absolute atomic E-state index is 13.7. The molecule has 3 heterocycles. The third-order valence-electron chi connectivity index (χ3n) is 8.79. The van der Waals surface area contributed by atoms with Crippen LogP contribution in [-0.4, -0.2) is 72.4 Å². The van der Waals surface area contributed by atoms with Gasteiger partial charge in [0.2, 0.25) is 5.60 Å². The second kappa shape index (κ2) is 14.5. The minimum absolute atomic E-state index is 0.0351. The summed E-state index contributed by atoms with van der Waals surface area (Å²) in [5, 5.41) is 23.7. The number of nitrogens with one attached hydrogen (secondary N) is 1. The quantitative estimate of drug-likeness (QED) is 0.209. The second-order valence-corrected chi connectivity index (χ2v) is 12.2. The van der Waals surface area contributed by atoms with Gasteiger partial charge in [-0.3, -0.25) is 4.79 Å². The largest absolute Gasteiger partial charge is 0.542 e. The van der Waals surface area contributed by atoms with Crippen molar-refractivity contribution < 1.29 is 47.0 Å². The van der Waals surface area contributed by atoms with Crippen LogP contribution in [0.5, 0.6) is 0 Å². The zero-order valence-electron chi connectivity index (χ0n) is 25.9. The first-order chi connectivity index (χ1) is 21.7. The number of aliphatic carboxylic acids is 1. The van der Waals surface area contributed by atoms with Crippen LogP contribution in [0.3, 0.4) is 0 Å². The van der Waals surface area contributed by atoms with Gasteiger partial charge in [0, 0.05) is 37.3 Å². The number of ether oxygens (including phenoxy) is 1. The van der Waals surface area contributed by atoms with Crippen LogP contribution in [0, 0.1) is 19.8 Å². The summed E-state index contributed by atoms with van der Waals surface area (Å²) in [7, 11) is 0. The van der Waals surface area contributed by atoms with E-state index >= 15 is 0 Å². The number of carboxylic acids is 1. The van der Waals surface area contributed by atoms with Crippen molar-refractivity contribution in [1.82, 2.24) is 5.32 Å². The number of carbonyl (C=O) groups is 3. The molecule has 0 radical (unpaired) electrons. The van der Waals surface area contributed by atoms with Gasteiger partial charge in [0.25, 0.3) is 5.91 Å². The van der Waals surface area contributed by atoms with Crippen molar-refractivity contribution in [2.75, 3.05) is 32.7 Å². The zero-order valence-corrected chi connectivity index (χ0v) is 25.9. The summed E-state index contributed by atoms with van der Waals surface area (Å²) in [6.07, 6.45) is -2.56. The predicted octanol–water partition coefficient (Wildman–Crippen LogP) is 3.81. The normalized spacial score (nSPS) is 20.7. The van der Waals surface area contributed by atoms with E-state index in [1.807, 2.05) is 62.4 Å². The van der Waals surface area contributed by atoms with E-state index in [0.717, 1.165) is 61.1 Å². The van der Waals surface area contributed by atoms with Gasteiger partial charge in [-0.25, -0.2) is 4.79 Å². The van der Waals surface area contributed by atoms with Gasteiger partial charge in [-0.1, -0.05) is 77.9 Å². The summed E-state index contributed by atoms with van der Waals surface area (Å²) in [5.74, 6) is -3.34. The van der Waals surface area contributed by atoms with E-state index < -0.39 is 23.7 Å². The van der Waals surface area contributed by atoms with Crippen molar-refractivity contribution in [2.45, 2.75) is 51.0 Å². The number of aliphatic hydroxyl groups is 1. The monoisotopic (exact) mass is 640 g/mol. The van der Waals surface area contributed by atoms with Gasteiger partial charge in [-0.05, 0) is 37.1 Å². The molecule has 3 aromatic carbocycles. The Hall–Kier alpha value is -4.22. The molecule has 246 valence electrons. The number of halogens is 3. The maximum Gasteiger partial charge on any atom is 0.430 e. The molecule has 1 amide bonds. The Kier molecular flexibility index (Phi) is 10.9. The van der Waals surface area contributed by atoms with Crippen molar-refractivity contribution in [2.24, 2.45) is 5.92 Å². The summed E-state index contributed by atoms with van der Waals surface area (Å²) in [4.78, 5) is 35.2. The molecule has 2 bridgehead atoms. The third kappa shape index (κ3) is 8.32. The van der Waals surface area contributed by atoms with Gasteiger partial charge in [-0.15, -0.1) is 0 Å². The molecule has 3 aromatic rings. The molecule has 0 unspecified atom stereocenters. The molecule has 3 aliphatic heterocycles. The molecular formula is C35H39F3N2O6. The van der Waals surface area contributed by atoms with Crippen LogP contribution in [0.1, 0.15) is 51.9 Å². The van der Waals surface area contributed by atoms with Crippen molar-refractivity contribution in [1.29, 1.82) is 0 Å². The topological polar surface area (TPSA) is 116 Å². The first kappa shape index (κ1) is 34.6. The Morgan fingerprint density at radius 1 is 0.913 bits per heavy atom. The number of amides is 1. The maximum atomic E-state index is 13.7. The minimum atomic E-state index is -5.19. The number of carbonyl (C=O) groups excluding carboxylic acids is 3. The van der Waals surface area contributed by atoms with Crippen molar-refractivity contribution >= 4 is 17.8 Å². The van der Waals surface area contributed by atoms with Crippen LogP contribution < -0.4 is 10.4 Å². The molecule has 3 fully saturated rings. The van der Waals surface area contributed by atoms with Crippen LogP contribution in [-0.2, 0) is 19.9 Å². The number of benzene rings is 3. The van der Waals surface area contributed by atoms with E-state index in [9.17, 15) is 27.9 Å². The minimum Gasteiger partial charge on any atom is -0.542 e. The average molecular weight is 641 g/mol. The number of alkyl halides is 3. The first-order valence-electron chi connectivity index (χ1n) is 15.3. The molecule has 46 heavy (non-hydrogen) atoms. The molecule has 3 aliphatic rings. The van der Waals surface area contributed by atoms with Crippen molar-refractivity contribution in [3.8, 4) is 0 Å². The predicted molar refractivity (Wildman–Crippen MR) is 162 cm³/mol. The molecule has 2 N–H and O–H groups in total. The number of fused-ring (bicyclic) bond motifs is 3. The third-order valence-corrected chi connectivity index (χ3v) is 8.79. The van der Waals surface area contributed by atoms with Crippen molar-refractivity contribution in [3.05, 3.63) is 107 Å². The molecule has 11 heteroatoms. The zero-order chi connectivity index (χ0) is 33.5. The molecule has 0 spiro atoms. The first-order valence-corrected chi connectivity index (χ1v) is 15.3. The lowest BCUT2D eigenvalue weighted by Crippen LogP contribution is -2.65. The fourth-order valence-electron chi connectivity index (χ4n) is 6.48. The summed E-state index contributed by atoms with van der Waals surface area (Å²) < 4.78 is 38.6. The molecule has 0 aliphatic carbocycles. The fraction of sp³-hybridized carbons (Fsp3) is 0.400. The Labute approximate surface area is 266 Å². The Morgan fingerprint density at radius 3 is 1.89 bits per heavy atom. The smallest absolute Gasteiger partial charge is 0.430 e. The number of aryl methyl sites for hydroxylation is 2. The average Bonchev–Trinajstić information content (AvgIpc) is 3.03. The van der Waals surface area contributed by atoms with Gasteiger partial charge in [0.15, 0.2) is 6.10 Å². The van der Waals surface area contributed by atoms with Gasteiger partial charge in [0.05, 0.1) is 19.6 Å². The molecular weight excluding hydrogens is 601 g/mol. The number of rotatable bonds is 9. The lowest BCUT2D eigenvalue weighted by atomic mass is 9.82. The fourth-order valence-corrected chi connectivity index (χ4v) is 6.48. The molecule has 0 aromatic heterocycles. The summed E-state index contributed by atoms with van der Waals surface area (Å²) in [5.41, 5.74) is 2.02. The Bertz CT molecular complexity index is 1450. The summed E-state index contributed by atoms with van der Waals surface area (Å²) >= 11 is 0. The molecule has 1 atom stereocenters. The standard InChI is InChI=1S/C33H38N2O4.C2HF3O2/c1-24-20-25(2)22-27(21-24)31(36)34-16-9-17-35-18-14-26(15-19-35)30(23-35)39-32(37)33(38,28-10-5-3-6-11-28)29-12-7-4-8-13-29;3-2(4,5)1(6)7/h3-8,10-13,20-22,26,30,38H,9,14-19,23H2,1-2H3;(H,6,7)/t26?,30-,35?;/m0./s1. The van der Waals surface area contributed by atoms with Crippen LogP contribution in [0.2, 0.25) is 0 Å². The highest BCUT2D eigenvalue weighted by Gasteiger charge is 2.50. The summed E-state index contributed by atoms with van der Waals surface area (Å²) in [6, 6.07) is 24.0. The van der Waals surface area contributed by atoms with Gasteiger partial charge in [-0.2, -0.15) is 13.2 Å². The van der Waals surface area contributed by atoms with E-state index in [2.05, 4.69) is 11.4 Å². The number of hydrogen-bond donors (Lipinski definition) is 2. The van der Waals surface area contributed by atoms with E-state index in [0.29, 0.717) is 29.2 Å². The molecule has 0 saturated carbocycles. The van der Waals surface area contributed by atoms with E-state index in [1.54, 1.807) is 24.3 Å². The Balaban J connectivity index is 0.000000617. The van der Waals surface area contributed by atoms with Crippen LogP contribution in [0.15, 0.2) is 78.9 Å². The number of esters is 1. The lowest BCUT2D eigenvalue weighted by molar-refractivity contribution is -0.946. The van der Waals surface area contributed by atoms with Crippen LogP contribution in [0.25, 0.3) is 0 Å². The molecule has 6 rings (SSSR count). The van der Waals surface area contributed by atoms with Gasteiger partial charge < -0.3 is 29.5 Å². The number of nitrogens with zero attached hydrogens (tertiary/aromatic N) is 1. The highest BCUT2D eigenvalue weighted by molar-refractivity contribution is 5.94. The number of piperidine rings is 3. The van der Waals surface area contributed by atoms with Crippen molar-refractivity contribution in [3.63, 3.8) is 0 Å². The van der Waals surface area contributed by atoms with E-state index in [-0.39, 0.29) is 12.0 Å².